The molecule has 21 heavy (non-hydrogen) atoms. The van der Waals surface area contributed by atoms with Gasteiger partial charge in [-0.15, -0.1) is 0 Å². The van der Waals surface area contributed by atoms with E-state index in [-0.39, 0.29) is 10.0 Å². The number of aryl methyl sites for hydroxylation is 2. The van der Waals surface area contributed by atoms with Crippen LogP contribution in [-0.4, -0.2) is 28.5 Å². The fourth-order valence-electron chi connectivity index (χ4n) is 2.70. The highest BCUT2D eigenvalue weighted by Gasteiger charge is 2.39. The van der Waals surface area contributed by atoms with Crippen LogP contribution in [0, 0.1) is 6.92 Å². The van der Waals surface area contributed by atoms with Crippen molar-refractivity contribution in [1.82, 2.24) is 14.3 Å². The van der Waals surface area contributed by atoms with Crippen LogP contribution in [0.5, 0.6) is 0 Å². The Balaban J connectivity index is 2.33. The Bertz CT molecular complexity index is 609. The largest absolute Gasteiger partial charge is 0.392 e. The second-order valence-electron chi connectivity index (χ2n) is 5.70. The highest BCUT2D eigenvalue weighted by molar-refractivity contribution is 7.89. The second kappa shape index (κ2) is 6.02. The van der Waals surface area contributed by atoms with Crippen molar-refractivity contribution in [2.24, 2.45) is 12.8 Å². The van der Waals surface area contributed by atoms with E-state index in [4.69, 9.17) is 18.0 Å². The summed E-state index contributed by atoms with van der Waals surface area (Å²) in [6, 6.07) is 0. The van der Waals surface area contributed by atoms with Crippen LogP contribution in [0.4, 0.5) is 0 Å². The van der Waals surface area contributed by atoms with Gasteiger partial charge in [0.1, 0.15) is 5.82 Å². The summed E-state index contributed by atoms with van der Waals surface area (Å²) < 4.78 is 29.6. The molecule has 0 radical (unpaired) electrons. The molecule has 6 nitrogen and oxygen atoms in total. The maximum atomic E-state index is 12.6. The molecule has 0 bridgehead atoms. The molecule has 0 atom stereocenters. The average molecular weight is 330 g/mol. The zero-order valence-electron chi connectivity index (χ0n) is 12.4. The third kappa shape index (κ3) is 3.44. The molecular formula is C13H22N4O2S2. The average Bonchev–Trinajstić information content (AvgIpc) is 2.62. The molecule has 8 heteroatoms. The van der Waals surface area contributed by atoms with E-state index in [2.05, 4.69) is 9.71 Å². The Morgan fingerprint density at radius 1 is 1.38 bits per heavy atom. The van der Waals surface area contributed by atoms with Crippen molar-refractivity contribution in [1.29, 1.82) is 0 Å². The monoisotopic (exact) mass is 330 g/mol. The highest BCUT2D eigenvalue weighted by Crippen LogP contribution is 2.29. The number of rotatable bonds is 4. The van der Waals surface area contributed by atoms with E-state index in [1.54, 1.807) is 18.5 Å². The van der Waals surface area contributed by atoms with E-state index in [0.717, 1.165) is 25.7 Å². The number of aromatic nitrogens is 2. The van der Waals surface area contributed by atoms with Crippen LogP contribution in [0.15, 0.2) is 11.2 Å². The maximum Gasteiger partial charge on any atom is 0.260 e. The minimum absolute atomic E-state index is 0.0161. The molecule has 0 unspecified atom stereocenters. The van der Waals surface area contributed by atoms with Gasteiger partial charge in [0.05, 0.1) is 10.5 Å². The van der Waals surface area contributed by atoms with E-state index >= 15 is 0 Å². The molecular weight excluding hydrogens is 308 g/mol. The van der Waals surface area contributed by atoms with Crippen molar-refractivity contribution in [3.63, 3.8) is 0 Å². The van der Waals surface area contributed by atoms with Crippen molar-refractivity contribution < 1.29 is 8.42 Å². The molecule has 3 N–H and O–H groups in total. The van der Waals surface area contributed by atoms with Crippen LogP contribution >= 0.6 is 12.2 Å². The standard InChI is InChI=1S/C13H22N4O2S2/c1-10-15-11(9-17(10)2)21(18,19)16-13(12(14)20)7-5-3-4-6-8-13/h9,16H,3-8H2,1-2H3,(H2,14,20). The van der Waals surface area contributed by atoms with Crippen LogP contribution in [0.2, 0.25) is 0 Å². The van der Waals surface area contributed by atoms with Crippen molar-refractivity contribution in [2.75, 3.05) is 0 Å². The zero-order chi connectivity index (χ0) is 15.7. The van der Waals surface area contributed by atoms with Crippen LogP contribution in [-0.2, 0) is 17.1 Å². The van der Waals surface area contributed by atoms with Crippen molar-refractivity contribution >= 4 is 27.2 Å². The normalized spacial score (nSPS) is 19.1. The molecule has 1 aromatic rings. The molecule has 0 saturated heterocycles. The molecule has 0 aromatic carbocycles. The molecule has 1 aliphatic carbocycles. The molecule has 0 spiro atoms. The fourth-order valence-corrected chi connectivity index (χ4v) is 4.50. The topological polar surface area (TPSA) is 90.0 Å². The van der Waals surface area contributed by atoms with Gasteiger partial charge in [0.2, 0.25) is 0 Å². The number of thiocarbonyl (C=S) groups is 1. The highest BCUT2D eigenvalue weighted by atomic mass is 32.2. The summed E-state index contributed by atoms with van der Waals surface area (Å²) in [4.78, 5) is 4.31. The Labute approximate surface area is 131 Å². The summed E-state index contributed by atoms with van der Waals surface area (Å²) >= 11 is 5.16. The number of imidazole rings is 1. The third-order valence-electron chi connectivity index (χ3n) is 4.12. The van der Waals surface area contributed by atoms with Crippen LogP contribution in [0.25, 0.3) is 0 Å². The molecule has 0 amide bonds. The lowest BCUT2D eigenvalue weighted by Crippen LogP contribution is -2.56. The van der Waals surface area contributed by atoms with Crippen LogP contribution in [0.1, 0.15) is 44.3 Å². The Morgan fingerprint density at radius 3 is 2.38 bits per heavy atom. The van der Waals surface area contributed by atoms with Gasteiger partial charge in [-0.3, -0.25) is 0 Å². The predicted octanol–water partition coefficient (Wildman–Crippen LogP) is 1.39. The molecule has 1 heterocycles. The summed E-state index contributed by atoms with van der Waals surface area (Å²) in [5, 5.41) is 0.0161. The molecule has 0 aliphatic heterocycles. The Morgan fingerprint density at radius 2 is 1.95 bits per heavy atom. The number of nitrogens with one attached hydrogen (secondary N) is 1. The van der Waals surface area contributed by atoms with Gasteiger partial charge in [-0.25, -0.2) is 13.4 Å². The van der Waals surface area contributed by atoms with Crippen molar-refractivity contribution in [3.8, 4) is 0 Å². The zero-order valence-corrected chi connectivity index (χ0v) is 14.1. The second-order valence-corrected chi connectivity index (χ2v) is 7.77. The van der Waals surface area contributed by atoms with Gasteiger partial charge >= 0.3 is 0 Å². The lowest BCUT2D eigenvalue weighted by molar-refractivity contribution is 0.440. The van der Waals surface area contributed by atoms with Gasteiger partial charge in [0.25, 0.3) is 10.0 Å². The number of hydrogen-bond acceptors (Lipinski definition) is 4. The van der Waals surface area contributed by atoms with Crippen LogP contribution in [0.3, 0.4) is 0 Å². The van der Waals surface area contributed by atoms with Gasteiger partial charge in [-0.1, -0.05) is 37.9 Å². The van der Waals surface area contributed by atoms with E-state index in [1.165, 1.54) is 6.20 Å². The number of nitrogens with two attached hydrogens (primary N) is 1. The van der Waals surface area contributed by atoms with E-state index in [1.807, 2.05) is 0 Å². The first kappa shape index (κ1) is 16.4. The third-order valence-corrected chi connectivity index (χ3v) is 5.92. The molecule has 2 rings (SSSR count). The smallest absolute Gasteiger partial charge is 0.260 e. The van der Waals surface area contributed by atoms with Gasteiger partial charge in [0, 0.05) is 13.2 Å². The van der Waals surface area contributed by atoms with Gasteiger partial charge < -0.3 is 10.3 Å². The lowest BCUT2D eigenvalue weighted by atomic mass is 9.91. The van der Waals surface area contributed by atoms with E-state index < -0.39 is 15.6 Å². The van der Waals surface area contributed by atoms with Crippen LogP contribution < -0.4 is 10.5 Å². The first-order valence-corrected chi connectivity index (χ1v) is 9.00. The Hall–Kier alpha value is -0.990. The van der Waals surface area contributed by atoms with Crippen molar-refractivity contribution in [3.05, 3.63) is 12.0 Å². The molecule has 1 saturated carbocycles. The minimum atomic E-state index is -3.73. The lowest BCUT2D eigenvalue weighted by Gasteiger charge is -2.32. The minimum Gasteiger partial charge on any atom is -0.392 e. The van der Waals surface area contributed by atoms with Crippen molar-refractivity contribution in [2.45, 2.75) is 56.0 Å². The maximum absolute atomic E-state index is 12.6. The quantitative estimate of drug-likeness (QED) is 0.643. The van der Waals surface area contributed by atoms with Gasteiger partial charge in [0.15, 0.2) is 5.03 Å². The molecule has 118 valence electrons. The summed E-state index contributed by atoms with van der Waals surface area (Å²) in [5.41, 5.74) is 5.05. The fraction of sp³-hybridized carbons (Fsp3) is 0.692. The van der Waals surface area contributed by atoms with Gasteiger partial charge in [-0.2, -0.15) is 4.72 Å². The first-order valence-electron chi connectivity index (χ1n) is 7.11. The molecule has 1 fully saturated rings. The van der Waals surface area contributed by atoms with Gasteiger partial charge in [-0.05, 0) is 19.8 Å². The summed E-state index contributed by atoms with van der Waals surface area (Å²) in [6.45, 7) is 1.76. The first-order chi connectivity index (χ1) is 9.77. The number of sulfonamides is 1. The number of hydrogen-bond donors (Lipinski definition) is 2. The SMILES string of the molecule is Cc1nc(S(=O)(=O)NC2(C(N)=S)CCCCCC2)cn1C. The number of nitrogens with zero attached hydrogens (tertiary/aromatic N) is 2. The summed E-state index contributed by atoms with van der Waals surface area (Å²) in [5.74, 6) is 0.639. The molecule has 1 aromatic heterocycles. The molecule has 1 aliphatic rings. The van der Waals surface area contributed by atoms with E-state index in [9.17, 15) is 8.42 Å². The predicted molar refractivity (Wildman–Crippen MR) is 85.5 cm³/mol. The van der Waals surface area contributed by atoms with E-state index in [0.29, 0.717) is 18.7 Å². The summed E-state index contributed by atoms with van der Waals surface area (Å²) in [6.07, 6.45) is 6.79. The summed E-state index contributed by atoms with van der Waals surface area (Å²) in [7, 11) is -1.97. The Kier molecular flexibility index (Phi) is 4.69.